The van der Waals surface area contributed by atoms with Crippen LogP contribution in [-0.2, 0) is 11.0 Å². The summed E-state index contributed by atoms with van der Waals surface area (Å²) in [6.07, 6.45) is -1.55. The molecule has 1 N–H and O–H groups in total. The van der Waals surface area contributed by atoms with Gasteiger partial charge in [0.05, 0.1) is 17.3 Å². The fraction of sp³-hybridized carbons (Fsp3) is 0.333. The number of carbonyl (C=O) groups is 1. The van der Waals surface area contributed by atoms with Crippen LogP contribution in [0.5, 0.6) is 5.75 Å². The van der Waals surface area contributed by atoms with Gasteiger partial charge < -0.3 is 10.1 Å². The SMILES string of the molecule is O=C(NC(c1cccc(C(F)(F)F)c1)c1ccccn1)C1CCN(CCOc2ccccc2)CC1. The quantitative estimate of drug-likeness (QED) is 0.485. The van der Waals surface area contributed by atoms with Crippen LogP contribution in [0.3, 0.4) is 0 Å². The van der Waals surface area contributed by atoms with E-state index in [1.165, 1.54) is 6.07 Å². The average Bonchev–Trinajstić information content (AvgIpc) is 2.88. The van der Waals surface area contributed by atoms with E-state index in [1.807, 2.05) is 30.3 Å². The molecule has 8 heteroatoms. The summed E-state index contributed by atoms with van der Waals surface area (Å²) in [5, 5.41) is 2.97. The molecule has 1 aromatic heterocycles. The third-order valence-corrected chi connectivity index (χ3v) is 6.20. The predicted molar refractivity (Wildman–Crippen MR) is 127 cm³/mol. The van der Waals surface area contributed by atoms with Crippen molar-refractivity contribution < 1.29 is 22.7 Å². The van der Waals surface area contributed by atoms with Gasteiger partial charge in [-0.2, -0.15) is 13.2 Å². The van der Waals surface area contributed by atoms with Crippen LogP contribution < -0.4 is 10.1 Å². The molecule has 2 heterocycles. The molecule has 1 atom stereocenters. The summed E-state index contributed by atoms with van der Waals surface area (Å²) in [7, 11) is 0. The van der Waals surface area contributed by atoms with Crippen LogP contribution in [0.1, 0.15) is 35.7 Å². The van der Waals surface area contributed by atoms with Crippen molar-refractivity contribution >= 4 is 5.91 Å². The molecular weight excluding hydrogens is 455 g/mol. The van der Waals surface area contributed by atoms with E-state index < -0.39 is 17.8 Å². The Balaban J connectivity index is 1.36. The van der Waals surface area contributed by atoms with Crippen molar-refractivity contribution in [3.63, 3.8) is 0 Å². The number of alkyl halides is 3. The minimum Gasteiger partial charge on any atom is -0.492 e. The fourth-order valence-corrected chi connectivity index (χ4v) is 4.26. The second-order valence-corrected chi connectivity index (χ2v) is 8.60. The van der Waals surface area contributed by atoms with Crippen LogP contribution in [0.4, 0.5) is 13.2 Å². The summed E-state index contributed by atoms with van der Waals surface area (Å²) in [6, 6.07) is 19.1. The Bertz CT molecular complexity index is 1090. The van der Waals surface area contributed by atoms with Crippen molar-refractivity contribution in [2.75, 3.05) is 26.2 Å². The number of para-hydroxylation sites is 1. The molecule has 0 saturated carbocycles. The number of halogens is 3. The number of ether oxygens (including phenoxy) is 1. The van der Waals surface area contributed by atoms with Crippen LogP contribution in [0, 0.1) is 5.92 Å². The van der Waals surface area contributed by atoms with Crippen molar-refractivity contribution in [2.24, 2.45) is 5.92 Å². The highest BCUT2D eigenvalue weighted by molar-refractivity contribution is 5.79. The molecular formula is C27H28F3N3O2. The maximum Gasteiger partial charge on any atom is 0.416 e. The van der Waals surface area contributed by atoms with Crippen LogP contribution in [0.25, 0.3) is 0 Å². The number of nitrogens with zero attached hydrogens (tertiary/aromatic N) is 2. The number of rotatable bonds is 8. The summed E-state index contributed by atoms with van der Waals surface area (Å²) < 4.78 is 45.6. The number of aromatic nitrogens is 1. The largest absolute Gasteiger partial charge is 0.492 e. The van der Waals surface area contributed by atoms with Gasteiger partial charge >= 0.3 is 6.18 Å². The molecule has 1 fully saturated rings. The summed E-state index contributed by atoms with van der Waals surface area (Å²) in [5.41, 5.74) is 0.0919. The van der Waals surface area contributed by atoms with E-state index in [4.69, 9.17) is 4.74 Å². The van der Waals surface area contributed by atoms with Crippen molar-refractivity contribution in [1.82, 2.24) is 15.2 Å². The van der Waals surface area contributed by atoms with Gasteiger partial charge in [-0.3, -0.25) is 14.7 Å². The second kappa shape index (κ2) is 11.4. The first-order valence-electron chi connectivity index (χ1n) is 11.7. The number of amides is 1. The molecule has 4 rings (SSSR count). The normalized spacial score (nSPS) is 16.0. The molecule has 0 bridgehead atoms. The first-order chi connectivity index (χ1) is 16.9. The molecule has 1 saturated heterocycles. The van der Waals surface area contributed by atoms with E-state index in [9.17, 15) is 18.0 Å². The molecule has 1 amide bonds. The minimum atomic E-state index is -4.47. The first kappa shape index (κ1) is 24.7. The molecule has 35 heavy (non-hydrogen) atoms. The Morgan fingerprint density at radius 3 is 2.46 bits per heavy atom. The Morgan fingerprint density at radius 1 is 1.03 bits per heavy atom. The number of pyridine rings is 1. The summed E-state index contributed by atoms with van der Waals surface area (Å²) >= 11 is 0. The Labute approximate surface area is 202 Å². The lowest BCUT2D eigenvalue weighted by Gasteiger charge is -2.32. The van der Waals surface area contributed by atoms with E-state index in [-0.39, 0.29) is 11.8 Å². The third kappa shape index (κ3) is 6.82. The topological polar surface area (TPSA) is 54.5 Å². The van der Waals surface area contributed by atoms with E-state index in [1.54, 1.807) is 30.5 Å². The lowest BCUT2D eigenvalue weighted by molar-refractivity contribution is -0.137. The first-order valence-corrected chi connectivity index (χ1v) is 11.7. The highest BCUT2D eigenvalue weighted by Gasteiger charge is 2.32. The zero-order valence-electron chi connectivity index (χ0n) is 19.2. The third-order valence-electron chi connectivity index (χ3n) is 6.20. The van der Waals surface area contributed by atoms with Gasteiger partial charge in [0.2, 0.25) is 5.91 Å². The maximum atomic E-state index is 13.3. The molecule has 0 spiro atoms. The molecule has 184 valence electrons. The fourth-order valence-electron chi connectivity index (χ4n) is 4.26. The van der Waals surface area contributed by atoms with Crippen molar-refractivity contribution in [2.45, 2.75) is 25.1 Å². The average molecular weight is 484 g/mol. The maximum absolute atomic E-state index is 13.3. The number of carbonyl (C=O) groups excluding carboxylic acids is 1. The van der Waals surface area contributed by atoms with Crippen molar-refractivity contribution in [3.05, 3.63) is 95.8 Å². The van der Waals surface area contributed by atoms with Crippen molar-refractivity contribution in [1.29, 1.82) is 0 Å². The Hall–Kier alpha value is -3.39. The monoisotopic (exact) mass is 483 g/mol. The Morgan fingerprint density at radius 2 is 1.77 bits per heavy atom. The zero-order valence-corrected chi connectivity index (χ0v) is 19.2. The summed E-state index contributed by atoms with van der Waals surface area (Å²) in [5.74, 6) is 0.452. The van der Waals surface area contributed by atoms with E-state index in [0.717, 1.165) is 37.5 Å². The predicted octanol–water partition coefficient (Wildman–Crippen LogP) is 5.10. The molecule has 5 nitrogen and oxygen atoms in total. The molecule has 1 aliphatic rings. The number of likely N-dealkylation sites (tertiary alicyclic amines) is 1. The van der Waals surface area contributed by atoms with Gasteiger partial charge in [0.15, 0.2) is 0 Å². The van der Waals surface area contributed by atoms with Crippen LogP contribution in [0.15, 0.2) is 79.0 Å². The highest BCUT2D eigenvalue weighted by Crippen LogP contribution is 2.32. The number of piperidine rings is 1. The standard InChI is InChI=1S/C27H28F3N3O2/c28-27(29,30)22-8-6-7-21(19-22)25(24-11-4-5-14-31-24)32-26(34)20-12-15-33(16-13-20)17-18-35-23-9-2-1-3-10-23/h1-11,14,19-20,25H,12-13,15-18H2,(H,32,34). The van der Waals surface area contributed by atoms with Gasteiger partial charge in [-0.1, -0.05) is 36.4 Å². The number of hydrogen-bond acceptors (Lipinski definition) is 4. The van der Waals surface area contributed by atoms with E-state index in [0.29, 0.717) is 30.7 Å². The highest BCUT2D eigenvalue weighted by atomic mass is 19.4. The van der Waals surface area contributed by atoms with Gasteiger partial charge in [0.1, 0.15) is 12.4 Å². The van der Waals surface area contributed by atoms with E-state index in [2.05, 4.69) is 15.2 Å². The lowest BCUT2D eigenvalue weighted by atomic mass is 9.94. The molecule has 0 aliphatic carbocycles. The Kier molecular flexibility index (Phi) is 8.02. The van der Waals surface area contributed by atoms with Gasteiger partial charge in [0.25, 0.3) is 0 Å². The molecule has 3 aromatic rings. The van der Waals surface area contributed by atoms with Gasteiger partial charge in [-0.05, 0) is 67.9 Å². The zero-order chi connectivity index (χ0) is 24.7. The summed E-state index contributed by atoms with van der Waals surface area (Å²) in [6.45, 7) is 2.85. The van der Waals surface area contributed by atoms with E-state index >= 15 is 0 Å². The number of hydrogen-bond donors (Lipinski definition) is 1. The molecule has 0 radical (unpaired) electrons. The van der Waals surface area contributed by atoms with Crippen LogP contribution in [-0.4, -0.2) is 42.0 Å². The van der Waals surface area contributed by atoms with Crippen molar-refractivity contribution in [3.8, 4) is 5.75 Å². The van der Waals surface area contributed by atoms with Gasteiger partial charge in [-0.25, -0.2) is 0 Å². The van der Waals surface area contributed by atoms with Gasteiger partial charge in [-0.15, -0.1) is 0 Å². The summed E-state index contributed by atoms with van der Waals surface area (Å²) in [4.78, 5) is 19.7. The molecule has 1 aliphatic heterocycles. The number of benzene rings is 2. The number of nitrogens with one attached hydrogen (secondary N) is 1. The lowest BCUT2D eigenvalue weighted by Crippen LogP contribution is -2.43. The molecule has 1 unspecified atom stereocenters. The van der Waals surface area contributed by atoms with Crippen LogP contribution in [0.2, 0.25) is 0 Å². The minimum absolute atomic E-state index is 0.168. The second-order valence-electron chi connectivity index (χ2n) is 8.60. The van der Waals surface area contributed by atoms with Crippen LogP contribution >= 0.6 is 0 Å². The van der Waals surface area contributed by atoms with Gasteiger partial charge in [0, 0.05) is 18.7 Å². The smallest absolute Gasteiger partial charge is 0.416 e. The molecule has 2 aromatic carbocycles.